The van der Waals surface area contributed by atoms with Gasteiger partial charge in [-0.05, 0) is 34.1 Å². The molecule has 0 radical (unpaired) electrons. The highest BCUT2D eigenvalue weighted by Gasteiger charge is 2.13. The van der Waals surface area contributed by atoms with E-state index in [1.54, 1.807) is 36.5 Å². The van der Waals surface area contributed by atoms with E-state index in [0.717, 1.165) is 4.47 Å². The van der Waals surface area contributed by atoms with E-state index in [-0.39, 0.29) is 12.3 Å². The summed E-state index contributed by atoms with van der Waals surface area (Å²) in [7, 11) is 1.51. The predicted octanol–water partition coefficient (Wildman–Crippen LogP) is 2.58. The van der Waals surface area contributed by atoms with Crippen LogP contribution in [0.25, 0.3) is 0 Å². The van der Waals surface area contributed by atoms with Crippen molar-refractivity contribution in [3.05, 3.63) is 46.7 Å². The van der Waals surface area contributed by atoms with Crippen LogP contribution in [0.1, 0.15) is 10.5 Å². The van der Waals surface area contributed by atoms with Crippen LogP contribution in [0.2, 0.25) is 0 Å². The second-order valence-electron chi connectivity index (χ2n) is 4.06. The van der Waals surface area contributed by atoms with Gasteiger partial charge in [0.15, 0.2) is 6.61 Å². The Kier molecular flexibility index (Phi) is 4.99. The molecule has 0 saturated carbocycles. The van der Waals surface area contributed by atoms with Crippen LogP contribution in [0, 0.1) is 0 Å². The number of esters is 1. The number of para-hydroxylation sites is 2. The quantitative estimate of drug-likeness (QED) is 0.810. The summed E-state index contributed by atoms with van der Waals surface area (Å²) in [5.74, 6) is -0.514. The Hall–Kier alpha value is -2.28. The zero-order valence-electron chi connectivity index (χ0n) is 11.2. The first-order valence-corrected chi connectivity index (χ1v) is 6.83. The molecule has 1 heterocycles. The minimum Gasteiger partial charge on any atom is -0.495 e. The summed E-state index contributed by atoms with van der Waals surface area (Å²) in [6, 6.07) is 8.54. The molecule has 0 unspecified atom stereocenters. The van der Waals surface area contributed by atoms with Gasteiger partial charge < -0.3 is 19.8 Å². The average Bonchev–Trinajstić information content (AvgIpc) is 2.92. The average molecular weight is 353 g/mol. The number of carbonyl (C=O) groups is 2. The van der Waals surface area contributed by atoms with Crippen molar-refractivity contribution in [2.75, 3.05) is 19.0 Å². The molecule has 2 N–H and O–H groups in total. The molecule has 1 aromatic carbocycles. The number of rotatable bonds is 5. The topological polar surface area (TPSA) is 80.4 Å². The first kappa shape index (κ1) is 15.1. The van der Waals surface area contributed by atoms with Crippen molar-refractivity contribution in [2.24, 2.45) is 0 Å². The Balaban J connectivity index is 1.89. The molecule has 0 atom stereocenters. The zero-order valence-corrected chi connectivity index (χ0v) is 12.8. The molecule has 0 aliphatic rings. The van der Waals surface area contributed by atoms with Crippen molar-refractivity contribution in [1.82, 2.24) is 4.98 Å². The van der Waals surface area contributed by atoms with Gasteiger partial charge in [0, 0.05) is 10.7 Å². The van der Waals surface area contributed by atoms with Crippen LogP contribution in [0.15, 0.2) is 41.0 Å². The lowest BCUT2D eigenvalue weighted by atomic mass is 10.3. The van der Waals surface area contributed by atoms with E-state index in [2.05, 4.69) is 26.2 Å². The van der Waals surface area contributed by atoms with Crippen molar-refractivity contribution in [1.29, 1.82) is 0 Å². The molecule has 21 heavy (non-hydrogen) atoms. The molecule has 1 aromatic heterocycles. The number of hydrogen-bond acceptors (Lipinski definition) is 4. The highest BCUT2D eigenvalue weighted by atomic mass is 79.9. The van der Waals surface area contributed by atoms with Crippen molar-refractivity contribution in [3.8, 4) is 5.75 Å². The van der Waals surface area contributed by atoms with Gasteiger partial charge >= 0.3 is 5.97 Å². The molecule has 0 aliphatic heterocycles. The summed E-state index contributed by atoms with van der Waals surface area (Å²) in [5, 5.41) is 2.61. The summed E-state index contributed by atoms with van der Waals surface area (Å²) >= 11 is 3.21. The lowest BCUT2D eigenvalue weighted by molar-refractivity contribution is -0.119. The summed E-state index contributed by atoms with van der Waals surface area (Å²) in [6.45, 7) is -0.381. The van der Waals surface area contributed by atoms with Crippen LogP contribution in [-0.2, 0) is 9.53 Å². The molecule has 6 nitrogen and oxygen atoms in total. The summed E-state index contributed by atoms with van der Waals surface area (Å²) in [4.78, 5) is 26.1. The third-order valence-corrected chi connectivity index (χ3v) is 3.04. The van der Waals surface area contributed by atoms with E-state index < -0.39 is 11.9 Å². The number of H-pyrrole nitrogens is 1. The fraction of sp³-hybridized carbons (Fsp3) is 0.143. The third kappa shape index (κ3) is 4.09. The van der Waals surface area contributed by atoms with Gasteiger partial charge in [0.2, 0.25) is 0 Å². The SMILES string of the molecule is COc1ccccc1NC(=O)COC(=O)c1cc(Br)c[nH]1. The molecule has 2 rings (SSSR count). The second kappa shape index (κ2) is 6.94. The molecule has 2 aromatic rings. The normalized spacial score (nSPS) is 10.0. The number of aromatic amines is 1. The number of carbonyl (C=O) groups excluding carboxylic acids is 2. The number of methoxy groups -OCH3 is 1. The van der Waals surface area contributed by atoms with Crippen molar-refractivity contribution < 1.29 is 19.1 Å². The minimum atomic E-state index is -0.601. The van der Waals surface area contributed by atoms with Gasteiger partial charge in [-0.1, -0.05) is 12.1 Å². The molecule has 0 spiro atoms. The first-order chi connectivity index (χ1) is 10.1. The van der Waals surface area contributed by atoms with Gasteiger partial charge in [0.25, 0.3) is 5.91 Å². The smallest absolute Gasteiger partial charge is 0.355 e. The van der Waals surface area contributed by atoms with Gasteiger partial charge in [0.05, 0.1) is 12.8 Å². The summed E-state index contributed by atoms with van der Waals surface area (Å²) in [6.07, 6.45) is 1.60. The predicted molar refractivity (Wildman–Crippen MR) is 80.4 cm³/mol. The van der Waals surface area contributed by atoms with E-state index in [4.69, 9.17) is 9.47 Å². The fourth-order valence-electron chi connectivity index (χ4n) is 1.63. The zero-order chi connectivity index (χ0) is 15.2. The van der Waals surface area contributed by atoms with E-state index in [1.807, 2.05) is 0 Å². The standard InChI is InChI=1S/C14H13BrN2O4/c1-20-12-5-3-2-4-10(12)17-13(18)8-21-14(19)11-6-9(15)7-16-11/h2-7,16H,8H2,1H3,(H,17,18). The number of ether oxygens (including phenoxy) is 2. The molecule has 110 valence electrons. The molecule has 0 saturated heterocycles. The molecule has 0 aliphatic carbocycles. The molecule has 0 fully saturated rings. The maximum absolute atomic E-state index is 11.8. The van der Waals surface area contributed by atoms with Crippen LogP contribution in [0.4, 0.5) is 5.69 Å². The van der Waals surface area contributed by atoms with Crippen LogP contribution >= 0.6 is 15.9 Å². The Morgan fingerprint density at radius 3 is 2.76 bits per heavy atom. The Morgan fingerprint density at radius 2 is 2.10 bits per heavy atom. The van der Waals surface area contributed by atoms with E-state index in [1.165, 1.54) is 7.11 Å². The summed E-state index contributed by atoms with van der Waals surface area (Å²) < 4.78 is 10.7. The second-order valence-corrected chi connectivity index (χ2v) is 4.97. The maximum atomic E-state index is 11.8. The lowest BCUT2D eigenvalue weighted by Crippen LogP contribution is -2.21. The fourth-order valence-corrected chi connectivity index (χ4v) is 1.97. The molecular weight excluding hydrogens is 340 g/mol. The highest BCUT2D eigenvalue weighted by Crippen LogP contribution is 2.22. The van der Waals surface area contributed by atoms with Gasteiger partial charge in [0.1, 0.15) is 11.4 Å². The maximum Gasteiger partial charge on any atom is 0.355 e. The highest BCUT2D eigenvalue weighted by molar-refractivity contribution is 9.10. The third-order valence-electron chi connectivity index (χ3n) is 2.58. The van der Waals surface area contributed by atoms with E-state index in [9.17, 15) is 9.59 Å². The van der Waals surface area contributed by atoms with Crippen LogP contribution < -0.4 is 10.1 Å². The first-order valence-electron chi connectivity index (χ1n) is 6.04. The van der Waals surface area contributed by atoms with Gasteiger partial charge in [-0.15, -0.1) is 0 Å². The largest absolute Gasteiger partial charge is 0.495 e. The van der Waals surface area contributed by atoms with Crippen molar-refractivity contribution in [3.63, 3.8) is 0 Å². The number of hydrogen-bond donors (Lipinski definition) is 2. The molecule has 1 amide bonds. The number of halogens is 1. The Bertz CT molecular complexity index is 654. The number of aromatic nitrogens is 1. The molecule has 0 bridgehead atoms. The monoisotopic (exact) mass is 352 g/mol. The van der Waals surface area contributed by atoms with Crippen molar-refractivity contribution >= 4 is 33.5 Å². The Morgan fingerprint density at radius 1 is 1.33 bits per heavy atom. The number of benzene rings is 1. The molecular formula is C14H13BrN2O4. The van der Waals surface area contributed by atoms with Crippen LogP contribution in [0.3, 0.4) is 0 Å². The minimum absolute atomic E-state index is 0.270. The van der Waals surface area contributed by atoms with Gasteiger partial charge in [-0.25, -0.2) is 4.79 Å². The summed E-state index contributed by atoms with van der Waals surface area (Å²) in [5.41, 5.74) is 0.788. The Labute approximate surface area is 129 Å². The number of nitrogens with one attached hydrogen (secondary N) is 2. The van der Waals surface area contributed by atoms with E-state index in [0.29, 0.717) is 11.4 Å². The number of amides is 1. The van der Waals surface area contributed by atoms with Crippen molar-refractivity contribution in [2.45, 2.75) is 0 Å². The van der Waals surface area contributed by atoms with Gasteiger partial charge in [-0.2, -0.15) is 0 Å². The molecule has 7 heteroatoms. The van der Waals surface area contributed by atoms with Gasteiger partial charge in [-0.3, -0.25) is 4.79 Å². The van der Waals surface area contributed by atoms with E-state index >= 15 is 0 Å². The van der Waals surface area contributed by atoms with Crippen LogP contribution in [0.5, 0.6) is 5.75 Å². The van der Waals surface area contributed by atoms with Crippen LogP contribution in [-0.4, -0.2) is 30.6 Å². The lowest BCUT2D eigenvalue weighted by Gasteiger charge is -2.09. The number of anilines is 1.